The van der Waals surface area contributed by atoms with Gasteiger partial charge < -0.3 is 4.74 Å². The molecule has 0 radical (unpaired) electrons. The molecule has 0 unspecified atom stereocenters. The molecule has 0 aliphatic carbocycles. The molecule has 0 bridgehead atoms. The number of rotatable bonds is 4. The summed E-state index contributed by atoms with van der Waals surface area (Å²) >= 11 is 0. The standard InChI is InChI=1S/C29H25FN4O3/c1-4-7-25-31-22-8-5-6-9-23(22)34(25)19-10-11-20-18(14-19)15-36-24-13-12-21(30)16(2)27(24)26(20)17(3)28-32-29(35)37-33-28/h5-6,8-14H,4,7,15H2,1-3H3,(H,32,33,35)/b26-17+. The van der Waals surface area contributed by atoms with Crippen molar-refractivity contribution in [3.63, 3.8) is 0 Å². The van der Waals surface area contributed by atoms with Gasteiger partial charge in [0.2, 0.25) is 0 Å². The van der Waals surface area contributed by atoms with Crippen LogP contribution in [0.25, 0.3) is 27.9 Å². The number of hydrogen-bond acceptors (Lipinski definition) is 5. The smallest absolute Gasteiger partial charge is 0.439 e. The maximum atomic E-state index is 14.8. The quantitative estimate of drug-likeness (QED) is 0.331. The number of fused-ring (bicyclic) bond motifs is 3. The molecule has 0 spiro atoms. The molecule has 1 aliphatic heterocycles. The van der Waals surface area contributed by atoms with E-state index in [4.69, 9.17) is 14.2 Å². The van der Waals surface area contributed by atoms with Crippen LogP contribution in [-0.2, 0) is 13.0 Å². The normalized spacial score (nSPS) is 14.2. The first-order valence-electron chi connectivity index (χ1n) is 12.3. The van der Waals surface area contributed by atoms with Crippen LogP contribution in [0.5, 0.6) is 5.75 Å². The summed E-state index contributed by atoms with van der Waals surface area (Å²) in [4.78, 5) is 19.2. The van der Waals surface area contributed by atoms with Gasteiger partial charge in [0.1, 0.15) is 24.0 Å². The van der Waals surface area contributed by atoms with Crippen LogP contribution in [0.2, 0.25) is 0 Å². The van der Waals surface area contributed by atoms with Gasteiger partial charge in [-0.1, -0.05) is 30.3 Å². The summed E-state index contributed by atoms with van der Waals surface area (Å²) in [6, 6.07) is 17.3. The number of imidazole rings is 1. The van der Waals surface area contributed by atoms with Crippen molar-refractivity contribution in [2.24, 2.45) is 0 Å². The molecule has 5 aromatic rings. The Hall–Kier alpha value is -4.46. The number of para-hydroxylation sites is 2. The summed E-state index contributed by atoms with van der Waals surface area (Å²) in [5, 5.41) is 3.90. The van der Waals surface area contributed by atoms with Crippen LogP contribution in [-0.4, -0.2) is 19.7 Å². The number of aromatic nitrogens is 4. The number of aromatic amines is 1. The third-order valence-electron chi connectivity index (χ3n) is 6.88. The lowest BCUT2D eigenvalue weighted by atomic mass is 9.87. The average Bonchev–Trinajstić information content (AvgIpc) is 3.45. The Balaban J connectivity index is 1.61. The minimum absolute atomic E-state index is 0.289. The van der Waals surface area contributed by atoms with E-state index in [2.05, 4.69) is 33.8 Å². The fraction of sp³-hybridized carbons (Fsp3) is 0.207. The van der Waals surface area contributed by atoms with Gasteiger partial charge in [-0.2, -0.15) is 0 Å². The molecule has 0 fully saturated rings. The summed E-state index contributed by atoms with van der Waals surface area (Å²) in [7, 11) is 0. The highest BCUT2D eigenvalue weighted by Gasteiger charge is 2.27. The molecule has 7 nitrogen and oxygen atoms in total. The van der Waals surface area contributed by atoms with Gasteiger partial charge in [-0.3, -0.25) is 14.1 Å². The highest BCUT2D eigenvalue weighted by molar-refractivity contribution is 6.00. The Morgan fingerprint density at radius 1 is 1.16 bits per heavy atom. The van der Waals surface area contributed by atoms with Gasteiger partial charge in [-0.15, -0.1) is 0 Å². The van der Waals surface area contributed by atoms with Crippen LogP contribution in [0, 0.1) is 12.7 Å². The Labute approximate surface area is 212 Å². The highest BCUT2D eigenvalue weighted by Crippen LogP contribution is 2.43. The first kappa shape index (κ1) is 23.0. The number of nitrogens with zero attached hydrogens (tertiary/aromatic N) is 3. The zero-order valence-corrected chi connectivity index (χ0v) is 20.8. The lowest BCUT2D eigenvalue weighted by Crippen LogP contribution is -2.04. The topological polar surface area (TPSA) is 85.9 Å². The second-order valence-corrected chi connectivity index (χ2v) is 9.22. The molecular weight excluding hydrogens is 471 g/mol. The predicted octanol–water partition coefficient (Wildman–Crippen LogP) is 5.97. The molecule has 37 heavy (non-hydrogen) atoms. The van der Waals surface area contributed by atoms with Crippen LogP contribution in [0.15, 0.2) is 63.9 Å². The van der Waals surface area contributed by atoms with Crippen LogP contribution in [0.3, 0.4) is 0 Å². The van der Waals surface area contributed by atoms with E-state index in [0.29, 0.717) is 29.1 Å². The summed E-state index contributed by atoms with van der Waals surface area (Å²) in [5.74, 6) is 0.859. The van der Waals surface area contributed by atoms with Gasteiger partial charge in [-0.25, -0.2) is 14.2 Å². The first-order chi connectivity index (χ1) is 18.0. The minimum Gasteiger partial charge on any atom is -0.488 e. The van der Waals surface area contributed by atoms with Crippen molar-refractivity contribution in [1.82, 2.24) is 19.7 Å². The summed E-state index contributed by atoms with van der Waals surface area (Å²) in [5.41, 5.74) is 7.23. The molecule has 0 atom stereocenters. The summed E-state index contributed by atoms with van der Waals surface area (Å²) < 4.78 is 28.0. The van der Waals surface area contributed by atoms with E-state index in [1.807, 2.05) is 37.3 Å². The average molecular weight is 497 g/mol. The van der Waals surface area contributed by atoms with E-state index in [0.717, 1.165) is 52.1 Å². The molecule has 8 heteroatoms. The molecule has 3 aromatic carbocycles. The molecule has 6 rings (SSSR count). The number of nitrogens with one attached hydrogen (secondary N) is 1. The van der Waals surface area contributed by atoms with Gasteiger partial charge in [-0.05, 0) is 73.4 Å². The van der Waals surface area contributed by atoms with Gasteiger partial charge in [0.05, 0.1) is 11.0 Å². The van der Waals surface area contributed by atoms with Gasteiger partial charge in [0.15, 0.2) is 5.82 Å². The van der Waals surface area contributed by atoms with Crippen LogP contribution in [0.1, 0.15) is 54.2 Å². The SMILES string of the molecule is CCCc1nc2ccccc2n1-c1ccc2c(c1)COc1ccc(F)c(C)c1/C2=C(\C)c1noc(=O)[nH]1. The molecule has 2 aromatic heterocycles. The van der Waals surface area contributed by atoms with E-state index in [9.17, 15) is 9.18 Å². The predicted molar refractivity (Wildman–Crippen MR) is 139 cm³/mol. The maximum Gasteiger partial charge on any atom is 0.439 e. The Morgan fingerprint density at radius 3 is 2.78 bits per heavy atom. The van der Waals surface area contributed by atoms with Crippen molar-refractivity contribution in [3.05, 3.63) is 105 Å². The van der Waals surface area contributed by atoms with Gasteiger partial charge >= 0.3 is 5.76 Å². The van der Waals surface area contributed by atoms with E-state index >= 15 is 0 Å². The molecule has 0 saturated heterocycles. The first-order valence-corrected chi connectivity index (χ1v) is 12.3. The van der Waals surface area contributed by atoms with Crippen molar-refractivity contribution in [2.45, 2.75) is 40.2 Å². The van der Waals surface area contributed by atoms with Gasteiger partial charge in [0, 0.05) is 28.8 Å². The molecule has 3 heterocycles. The lowest BCUT2D eigenvalue weighted by Gasteiger charge is -2.17. The largest absolute Gasteiger partial charge is 0.488 e. The van der Waals surface area contributed by atoms with Crippen molar-refractivity contribution in [3.8, 4) is 11.4 Å². The van der Waals surface area contributed by atoms with Crippen LogP contribution < -0.4 is 10.5 Å². The number of H-pyrrole nitrogens is 1. The zero-order chi connectivity index (χ0) is 25.7. The molecule has 0 saturated carbocycles. The summed E-state index contributed by atoms with van der Waals surface area (Å²) in [6.07, 6.45) is 1.81. The molecule has 186 valence electrons. The second kappa shape index (κ2) is 8.89. The monoisotopic (exact) mass is 496 g/mol. The molecular formula is C29H25FN4O3. The number of benzene rings is 3. The number of ether oxygens (including phenoxy) is 1. The van der Waals surface area contributed by atoms with Crippen molar-refractivity contribution in [1.29, 1.82) is 0 Å². The van der Waals surface area contributed by atoms with Crippen molar-refractivity contribution in [2.75, 3.05) is 0 Å². The molecule has 1 aliphatic rings. The fourth-order valence-corrected chi connectivity index (χ4v) is 5.12. The number of aryl methyl sites for hydroxylation is 1. The zero-order valence-electron chi connectivity index (χ0n) is 20.8. The minimum atomic E-state index is -0.651. The van der Waals surface area contributed by atoms with E-state index in [1.54, 1.807) is 13.0 Å². The van der Waals surface area contributed by atoms with E-state index in [-0.39, 0.29) is 11.6 Å². The Bertz CT molecular complexity index is 1760. The van der Waals surface area contributed by atoms with E-state index in [1.165, 1.54) is 6.07 Å². The molecule has 0 amide bonds. The number of halogens is 1. The maximum absolute atomic E-state index is 14.8. The van der Waals surface area contributed by atoms with Crippen molar-refractivity contribution < 1.29 is 13.7 Å². The second-order valence-electron chi connectivity index (χ2n) is 9.22. The van der Waals surface area contributed by atoms with E-state index < -0.39 is 5.76 Å². The van der Waals surface area contributed by atoms with Crippen LogP contribution >= 0.6 is 0 Å². The Morgan fingerprint density at radius 2 is 2.00 bits per heavy atom. The third-order valence-corrected chi connectivity index (χ3v) is 6.88. The fourth-order valence-electron chi connectivity index (χ4n) is 5.12. The third kappa shape index (κ3) is 3.76. The van der Waals surface area contributed by atoms with Crippen molar-refractivity contribution >= 4 is 22.2 Å². The Kier molecular flexibility index (Phi) is 5.52. The van der Waals surface area contributed by atoms with Crippen LogP contribution in [0.4, 0.5) is 4.39 Å². The van der Waals surface area contributed by atoms with Gasteiger partial charge in [0.25, 0.3) is 0 Å². The number of hydrogen-bond donors (Lipinski definition) is 1. The lowest BCUT2D eigenvalue weighted by molar-refractivity contribution is 0.306. The molecule has 1 N–H and O–H groups in total. The number of allylic oxidation sites excluding steroid dienone is 1. The summed E-state index contributed by atoms with van der Waals surface area (Å²) in [6.45, 7) is 6.00. The highest BCUT2D eigenvalue weighted by atomic mass is 19.1.